The van der Waals surface area contributed by atoms with Crippen LogP contribution in [0.25, 0.3) is 0 Å². The molecule has 19 heavy (non-hydrogen) atoms. The molecule has 1 aliphatic carbocycles. The number of carboxylic acid groups (broad SMARTS) is 2. The van der Waals surface area contributed by atoms with Crippen LogP contribution in [0.15, 0.2) is 0 Å². The van der Waals surface area contributed by atoms with Crippen LogP contribution in [0.2, 0.25) is 0 Å². The molecule has 108 valence electrons. The lowest BCUT2D eigenvalue weighted by molar-refractivity contribution is -0.147. The first-order valence-electron chi connectivity index (χ1n) is 6.50. The van der Waals surface area contributed by atoms with Crippen LogP contribution in [0.5, 0.6) is 0 Å². The zero-order valence-electron chi connectivity index (χ0n) is 11.4. The molecule has 1 aliphatic rings. The average molecular weight is 271 g/mol. The van der Waals surface area contributed by atoms with E-state index in [9.17, 15) is 14.4 Å². The van der Waals surface area contributed by atoms with Gasteiger partial charge in [0.1, 0.15) is 6.04 Å². The molecule has 6 heteroatoms. The Labute approximate surface area is 112 Å². The lowest BCUT2D eigenvalue weighted by Gasteiger charge is -2.22. The number of hydrogen-bond acceptors (Lipinski definition) is 3. The minimum absolute atomic E-state index is 0.166. The molecule has 0 saturated heterocycles. The normalized spacial score (nSPS) is 28.1. The van der Waals surface area contributed by atoms with Crippen LogP contribution < -0.4 is 5.32 Å². The first-order chi connectivity index (χ1) is 8.73. The van der Waals surface area contributed by atoms with Crippen molar-refractivity contribution in [1.82, 2.24) is 5.32 Å². The summed E-state index contributed by atoms with van der Waals surface area (Å²) in [5.41, 5.74) is 0. The Kier molecular flexibility index (Phi) is 4.91. The molecule has 0 aromatic heterocycles. The molecule has 0 radical (unpaired) electrons. The van der Waals surface area contributed by atoms with Gasteiger partial charge < -0.3 is 15.5 Å². The summed E-state index contributed by atoms with van der Waals surface area (Å²) < 4.78 is 0. The molecule has 0 aliphatic heterocycles. The summed E-state index contributed by atoms with van der Waals surface area (Å²) in [5, 5.41) is 20.6. The fraction of sp³-hybridized carbons (Fsp3) is 0.769. The quantitative estimate of drug-likeness (QED) is 0.691. The van der Waals surface area contributed by atoms with E-state index >= 15 is 0 Å². The highest BCUT2D eigenvalue weighted by atomic mass is 16.4. The average Bonchev–Trinajstić information content (AvgIpc) is 2.67. The third-order valence-electron chi connectivity index (χ3n) is 3.68. The van der Waals surface area contributed by atoms with Crippen LogP contribution in [0.3, 0.4) is 0 Å². The van der Waals surface area contributed by atoms with Gasteiger partial charge in [-0.1, -0.05) is 20.8 Å². The summed E-state index contributed by atoms with van der Waals surface area (Å²) in [5.74, 6) is -3.97. The van der Waals surface area contributed by atoms with Gasteiger partial charge in [-0.05, 0) is 24.7 Å². The van der Waals surface area contributed by atoms with Crippen LogP contribution in [0, 0.1) is 23.7 Å². The molecular weight excluding hydrogens is 250 g/mol. The van der Waals surface area contributed by atoms with Crippen molar-refractivity contribution in [2.45, 2.75) is 39.7 Å². The molecule has 3 N–H and O–H groups in total. The van der Waals surface area contributed by atoms with Gasteiger partial charge in [0.2, 0.25) is 5.91 Å². The van der Waals surface area contributed by atoms with Gasteiger partial charge in [0.05, 0.1) is 11.8 Å². The van der Waals surface area contributed by atoms with Crippen LogP contribution >= 0.6 is 0 Å². The van der Waals surface area contributed by atoms with E-state index in [0.717, 1.165) is 0 Å². The number of hydrogen-bond donors (Lipinski definition) is 3. The molecule has 0 bridgehead atoms. The molecule has 6 nitrogen and oxygen atoms in total. The Hall–Kier alpha value is -1.59. The maximum atomic E-state index is 12.1. The second kappa shape index (κ2) is 6.04. The zero-order valence-corrected chi connectivity index (χ0v) is 11.4. The molecule has 1 rings (SSSR count). The summed E-state index contributed by atoms with van der Waals surface area (Å²) in [6.07, 6.45) is 0.958. The maximum Gasteiger partial charge on any atom is 0.326 e. The van der Waals surface area contributed by atoms with Crippen molar-refractivity contribution in [3.8, 4) is 0 Å². The Morgan fingerprint density at radius 2 is 1.63 bits per heavy atom. The molecule has 0 spiro atoms. The SMILES string of the molecule is CC1C[C@H](C(=O)NC(C(=O)O)C(C)C)[C@H](C(=O)O)C1. The van der Waals surface area contributed by atoms with Crippen molar-refractivity contribution < 1.29 is 24.6 Å². The van der Waals surface area contributed by atoms with Crippen molar-refractivity contribution in [3.63, 3.8) is 0 Å². The van der Waals surface area contributed by atoms with E-state index in [-0.39, 0.29) is 11.8 Å². The van der Waals surface area contributed by atoms with Crippen molar-refractivity contribution in [2.24, 2.45) is 23.7 Å². The Bertz CT molecular complexity index is 379. The van der Waals surface area contributed by atoms with Gasteiger partial charge in [-0.2, -0.15) is 0 Å². The minimum atomic E-state index is -1.10. The van der Waals surface area contributed by atoms with Gasteiger partial charge in [-0.3, -0.25) is 9.59 Å². The highest BCUT2D eigenvalue weighted by molar-refractivity contribution is 5.88. The largest absolute Gasteiger partial charge is 0.481 e. The molecule has 2 unspecified atom stereocenters. The lowest BCUT2D eigenvalue weighted by atomic mass is 9.94. The predicted molar refractivity (Wildman–Crippen MR) is 67.4 cm³/mol. The third-order valence-corrected chi connectivity index (χ3v) is 3.68. The van der Waals surface area contributed by atoms with Crippen molar-refractivity contribution in [1.29, 1.82) is 0 Å². The lowest BCUT2D eigenvalue weighted by Crippen LogP contribution is -2.47. The van der Waals surface area contributed by atoms with E-state index in [1.54, 1.807) is 13.8 Å². The van der Waals surface area contributed by atoms with Crippen molar-refractivity contribution in [3.05, 3.63) is 0 Å². The Morgan fingerprint density at radius 3 is 2.05 bits per heavy atom. The first-order valence-corrected chi connectivity index (χ1v) is 6.50. The highest BCUT2D eigenvalue weighted by Crippen LogP contribution is 2.36. The molecule has 0 aromatic carbocycles. The summed E-state index contributed by atoms with van der Waals surface area (Å²) in [6, 6.07) is -0.974. The minimum Gasteiger partial charge on any atom is -0.481 e. The van der Waals surface area contributed by atoms with Crippen LogP contribution in [-0.4, -0.2) is 34.1 Å². The first kappa shape index (κ1) is 15.5. The standard InChI is InChI=1S/C13H21NO5/c1-6(2)10(13(18)19)14-11(15)8-4-7(3)5-9(8)12(16)17/h6-10H,4-5H2,1-3H3,(H,14,15)(H,16,17)(H,18,19)/t7?,8-,9+,10?/m0/s1. The van der Waals surface area contributed by atoms with Gasteiger partial charge in [-0.25, -0.2) is 4.79 Å². The zero-order chi connectivity index (χ0) is 14.7. The summed E-state index contributed by atoms with van der Waals surface area (Å²) in [4.78, 5) is 34.2. The van der Waals surface area contributed by atoms with Gasteiger partial charge in [-0.15, -0.1) is 0 Å². The third kappa shape index (κ3) is 3.68. The summed E-state index contributed by atoms with van der Waals surface area (Å²) in [6.45, 7) is 5.30. The fourth-order valence-corrected chi connectivity index (χ4v) is 2.63. The van der Waals surface area contributed by atoms with E-state index in [0.29, 0.717) is 12.8 Å². The van der Waals surface area contributed by atoms with E-state index in [1.165, 1.54) is 0 Å². The topological polar surface area (TPSA) is 104 Å². The fourth-order valence-electron chi connectivity index (χ4n) is 2.63. The molecule has 0 heterocycles. The number of carbonyl (C=O) groups is 3. The van der Waals surface area contributed by atoms with Crippen molar-refractivity contribution in [2.75, 3.05) is 0 Å². The van der Waals surface area contributed by atoms with Crippen LogP contribution in [0.1, 0.15) is 33.6 Å². The van der Waals surface area contributed by atoms with Gasteiger partial charge >= 0.3 is 11.9 Å². The highest BCUT2D eigenvalue weighted by Gasteiger charge is 2.42. The second-order valence-electron chi connectivity index (χ2n) is 5.70. The molecule has 1 amide bonds. The van der Waals surface area contributed by atoms with Gasteiger partial charge in [0.25, 0.3) is 0 Å². The maximum absolute atomic E-state index is 12.1. The molecule has 4 atom stereocenters. The van der Waals surface area contributed by atoms with Gasteiger partial charge in [0.15, 0.2) is 0 Å². The van der Waals surface area contributed by atoms with Crippen LogP contribution in [0.4, 0.5) is 0 Å². The summed E-state index contributed by atoms with van der Waals surface area (Å²) >= 11 is 0. The summed E-state index contributed by atoms with van der Waals surface area (Å²) in [7, 11) is 0. The molecular formula is C13H21NO5. The smallest absolute Gasteiger partial charge is 0.326 e. The number of amides is 1. The van der Waals surface area contributed by atoms with Crippen molar-refractivity contribution >= 4 is 17.8 Å². The van der Waals surface area contributed by atoms with E-state index < -0.39 is 35.7 Å². The number of carboxylic acids is 2. The van der Waals surface area contributed by atoms with E-state index in [2.05, 4.69) is 5.32 Å². The monoisotopic (exact) mass is 271 g/mol. The van der Waals surface area contributed by atoms with Gasteiger partial charge in [0, 0.05) is 0 Å². The predicted octanol–water partition coefficient (Wildman–Crippen LogP) is 0.959. The van der Waals surface area contributed by atoms with Crippen LogP contribution in [-0.2, 0) is 14.4 Å². The number of aliphatic carboxylic acids is 2. The molecule has 1 saturated carbocycles. The Balaban J connectivity index is 2.76. The number of nitrogens with one attached hydrogen (secondary N) is 1. The van der Waals surface area contributed by atoms with E-state index in [1.807, 2.05) is 6.92 Å². The molecule has 0 aromatic rings. The number of rotatable bonds is 5. The Morgan fingerprint density at radius 1 is 1.11 bits per heavy atom. The molecule has 1 fully saturated rings. The van der Waals surface area contributed by atoms with E-state index in [4.69, 9.17) is 10.2 Å². The number of carbonyl (C=O) groups excluding carboxylic acids is 1. The second-order valence-corrected chi connectivity index (χ2v) is 5.70.